The Labute approximate surface area is 114 Å². The third-order valence-corrected chi connectivity index (χ3v) is 3.67. The molecular weight excluding hydrogens is 240 g/mol. The number of anilines is 1. The number of nitrogens with two attached hydrogens (primary N) is 1. The van der Waals surface area contributed by atoms with E-state index in [1.807, 2.05) is 19.9 Å². The first-order valence-electron chi connectivity index (χ1n) is 6.63. The fourth-order valence-corrected chi connectivity index (χ4v) is 2.68. The van der Waals surface area contributed by atoms with E-state index in [2.05, 4.69) is 9.88 Å². The minimum atomic E-state index is 0.0915. The van der Waals surface area contributed by atoms with Crippen LogP contribution < -0.4 is 10.6 Å². The molecule has 1 fully saturated rings. The van der Waals surface area contributed by atoms with E-state index < -0.39 is 0 Å². The number of hydrogen-bond acceptors (Lipinski definition) is 4. The Morgan fingerprint density at radius 1 is 1.42 bits per heavy atom. The quantitative estimate of drug-likeness (QED) is 0.641. The maximum Gasteiger partial charge on any atom is 0.140 e. The summed E-state index contributed by atoms with van der Waals surface area (Å²) in [5, 5.41) is 7.77. The minimum absolute atomic E-state index is 0.0915. The number of nitrogen functional groups attached to an aromatic ring is 1. The van der Waals surface area contributed by atoms with E-state index in [1.165, 1.54) is 0 Å². The smallest absolute Gasteiger partial charge is 0.140 e. The van der Waals surface area contributed by atoms with E-state index in [0.717, 1.165) is 48.6 Å². The van der Waals surface area contributed by atoms with Crippen LogP contribution in [0.3, 0.4) is 0 Å². The van der Waals surface area contributed by atoms with Crippen molar-refractivity contribution >= 4 is 11.7 Å². The van der Waals surface area contributed by atoms with Gasteiger partial charge in [0.1, 0.15) is 11.7 Å². The van der Waals surface area contributed by atoms with Crippen molar-refractivity contribution in [2.24, 2.45) is 5.73 Å². The van der Waals surface area contributed by atoms with Gasteiger partial charge in [-0.1, -0.05) is 0 Å². The van der Waals surface area contributed by atoms with Gasteiger partial charge >= 0.3 is 0 Å². The summed E-state index contributed by atoms with van der Waals surface area (Å²) in [6.07, 6.45) is 2.31. The van der Waals surface area contributed by atoms with Crippen LogP contribution in [0.1, 0.15) is 29.7 Å². The molecule has 0 aliphatic carbocycles. The molecule has 2 heterocycles. The summed E-state index contributed by atoms with van der Waals surface area (Å²) < 4.78 is 5.39. The van der Waals surface area contributed by atoms with Gasteiger partial charge in [0.05, 0.1) is 11.7 Å². The molecule has 0 aromatic carbocycles. The zero-order chi connectivity index (χ0) is 14.0. The van der Waals surface area contributed by atoms with Crippen molar-refractivity contribution in [2.45, 2.75) is 32.8 Å². The fraction of sp³-hybridized carbons (Fsp3) is 0.571. The molecule has 0 bridgehead atoms. The number of pyridine rings is 1. The van der Waals surface area contributed by atoms with Crippen molar-refractivity contribution in [3.8, 4) is 0 Å². The van der Waals surface area contributed by atoms with Crippen LogP contribution in [0.25, 0.3) is 0 Å². The summed E-state index contributed by atoms with van der Waals surface area (Å²) >= 11 is 0. The Kier molecular flexibility index (Phi) is 4.04. The summed E-state index contributed by atoms with van der Waals surface area (Å²) in [7, 11) is 1.76. The Hall–Kier alpha value is -1.62. The van der Waals surface area contributed by atoms with Crippen LogP contribution in [-0.2, 0) is 4.74 Å². The summed E-state index contributed by atoms with van der Waals surface area (Å²) in [5.74, 6) is 0.938. The molecule has 0 atom stereocenters. The first-order valence-corrected chi connectivity index (χ1v) is 6.63. The number of aryl methyl sites for hydroxylation is 2. The standard InChI is InChI=1S/C14H22N4O/c1-9-8-10(2)17-14(12(9)13(15)16)18-6-4-11(19-3)5-7-18/h8,11H,4-7H2,1-3H3,(H3,15,16). The summed E-state index contributed by atoms with van der Waals surface area (Å²) in [5.41, 5.74) is 8.46. The molecule has 3 N–H and O–H groups in total. The average Bonchev–Trinajstić information content (AvgIpc) is 2.37. The van der Waals surface area contributed by atoms with Crippen molar-refractivity contribution < 1.29 is 4.74 Å². The van der Waals surface area contributed by atoms with Gasteiger partial charge in [-0.15, -0.1) is 0 Å². The highest BCUT2D eigenvalue weighted by Gasteiger charge is 2.23. The predicted molar refractivity (Wildman–Crippen MR) is 77.0 cm³/mol. The molecule has 2 rings (SSSR count). The van der Waals surface area contributed by atoms with Crippen molar-refractivity contribution in [2.75, 3.05) is 25.1 Å². The Morgan fingerprint density at radius 3 is 2.58 bits per heavy atom. The van der Waals surface area contributed by atoms with Crippen LogP contribution in [0.4, 0.5) is 5.82 Å². The fourth-order valence-electron chi connectivity index (χ4n) is 2.68. The number of hydrogen-bond donors (Lipinski definition) is 2. The van der Waals surface area contributed by atoms with Gasteiger partial charge in [-0.2, -0.15) is 0 Å². The van der Waals surface area contributed by atoms with Crippen LogP contribution in [0.15, 0.2) is 6.07 Å². The lowest BCUT2D eigenvalue weighted by Crippen LogP contribution is -2.38. The molecule has 1 aliphatic heterocycles. The van der Waals surface area contributed by atoms with Crippen LogP contribution >= 0.6 is 0 Å². The summed E-state index contributed by atoms with van der Waals surface area (Å²) in [4.78, 5) is 6.81. The minimum Gasteiger partial charge on any atom is -0.384 e. The highest BCUT2D eigenvalue weighted by atomic mass is 16.5. The normalized spacial score (nSPS) is 16.7. The number of ether oxygens (including phenoxy) is 1. The van der Waals surface area contributed by atoms with E-state index in [9.17, 15) is 0 Å². The summed E-state index contributed by atoms with van der Waals surface area (Å²) in [6.45, 7) is 5.75. The number of amidine groups is 1. The maximum atomic E-state index is 7.77. The number of rotatable bonds is 3. The lowest BCUT2D eigenvalue weighted by molar-refractivity contribution is 0.0818. The van der Waals surface area contributed by atoms with E-state index in [-0.39, 0.29) is 5.84 Å². The molecule has 1 aliphatic rings. The molecule has 104 valence electrons. The van der Waals surface area contributed by atoms with Gasteiger partial charge in [-0.05, 0) is 38.3 Å². The van der Waals surface area contributed by atoms with Gasteiger partial charge in [-0.25, -0.2) is 4.98 Å². The van der Waals surface area contributed by atoms with Crippen LogP contribution in [0.2, 0.25) is 0 Å². The van der Waals surface area contributed by atoms with Crippen LogP contribution in [-0.4, -0.2) is 37.1 Å². The summed E-state index contributed by atoms with van der Waals surface area (Å²) in [6, 6.07) is 1.97. The van der Waals surface area contributed by atoms with E-state index in [1.54, 1.807) is 7.11 Å². The number of nitrogens with one attached hydrogen (secondary N) is 1. The molecule has 0 saturated carbocycles. The van der Waals surface area contributed by atoms with Gasteiger partial charge in [-0.3, -0.25) is 5.41 Å². The van der Waals surface area contributed by atoms with Crippen molar-refractivity contribution in [1.82, 2.24) is 4.98 Å². The first kappa shape index (κ1) is 13.8. The first-order chi connectivity index (χ1) is 9.02. The number of nitrogens with zero attached hydrogens (tertiary/aromatic N) is 2. The number of aromatic nitrogens is 1. The molecule has 5 heteroatoms. The average molecular weight is 262 g/mol. The Morgan fingerprint density at radius 2 is 2.05 bits per heavy atom. The molecule has 1 aromatic rings. The third kappa shape index (κ3) is 2.87. The SMILES string of the molecule is COC1CCN(c2nc(C)cc(C)c2C(=N)N)CC1. The van der Waals surface area contributed by atoms with Crippen LogP contribution in [0.5, 0.6) is 0 Å². The molecule has 0 amide bonds. The molecule has 19 heavy (non-hydrogen) atoms. The molecule has 1 aromatic heterocycles. The van der Waals surface area contributed by atoms with Crippen molar-refractivity contribution in [1.29, 1.82) is 5.41 Å². The van der Waals surface area contributed by atoms with Gasteiger partial charge in [0.2, 0.25) is 0 Å². The van der Waals surface area contributed by atoms with Gasteiger partial charge in [0.15, 0.2) is 0 Å². The number of methoxy groups -OCH3 is 1. The number of piperidine rings is 1. The lowest BCUT2D eigenvalue weighted by Gasteiger charge is -2.33. The topological polar surface area (TPSA) is 75.2 Å². The monoisotopic (exact) mass is 262 g/mol. The van der Waals surface area contributed by atoms with Crippen LogP contribution in [0, 0.1) is 19.3 Å². The molecule has 0 radical (unpaired) electrons. The second-order valence-corrected chi connectivity index (χ2v) is 5.11. The molecule has 0 unspecified atom stereocenters. The van der Waals surface area contributed by atoms with Gasteiger partial charge in [0.25, 0.3) is 0 Å². The second-order valence-electron chi connectivity index (χ2n) is 5.11. The lowest BCUT2D eigenvalue weighted by atomic mass is 10.0. The highest BCUT2D eigenvalue weighted by Crippen LogP contribution is 2.25. The van der Waals surface area contributed by atoms with E-state index >= 15 is 0 Å². The molecule has 1 saturated heterocycles. The van der Waals surface area contributed by atoms with Gasteiger partial charge < -0.3 is 15.4 Å². The maximum absolute atomic E-state index is 7.77. The van der Waals surface area contributed by atoms with Crippen molar-refractivity contribution in [3.05, 3.63) is 22.9 Å². The molecule has 0 spiro atoms. The Balaban J connectivity index is 2.31. The largest absolute Gasteiger partial charge is 0.384 e. The highest BCUT2D eigenvalue weighted by molar-refractivity contribution is 6.01. The molecule has 5 nitrogen and oxygen atoms in total. The van der Waals surface area contributed by atoms with E-state index in [0.29, 0.717) is 6.10 Å². The second kappa shape index (κ2) is 5.57. The Bertz CT molecular complexity index is 479. The predicted octanol–water partition coefficient (Wildman–Crippen LogP) is 1.60. The zero-order valence-electron chi connectivity index (χ0n) is 11.9. The van der Waals surface area contributed by atoms with E-state index in [4.69, 9.17) is 15.9 Å². The molecular formula is C14H22N4O. The van der Waals surface area contributed by atoms with Crippen molar-refractivity contribution in [3.63, 3.8) is 0 Å². The zero-order valence-corrected chi connectivity index (χ0v) is 11.9. The third-order valence-electron chi connectivity index (χ3n) is 3.67. The van der Waals surface area contributed by atoms with Gasteiger partial charge in [0, 0.05) is 25.9 Å².